The average molecular weight is 335 g/mol. The summed E-state index contributed by atoms with van der Waals surface area (Å²) in [5, 5.41) is 0. The summed E-state index contributed by atoms with van der Waals surface area (Å²) in [5.41, 5.74) is 9.73. The van der Waals surface area contributed by atoms with Crippen LogP contribution in [0.25, 0.3) is 12.2 Å². The molecule has 134 valence electrons. The lowest BCUT2D eigenvalue weighted by molar-refractivity contribution is 0.384. The average Bonchev–Trinajstić information content (AvgIpc) is 3.00. The van der Waals surface area contributed by atoms with Crippen molar-refractivity contribution in [3.63, 3.8) is 0 Å². The fourth-order valence-electron chi connectivity index (χ4n) is 4.84. The molecule has 0 fully saturated rings. The predicted octanol–water partition coefficient (Wildman–Crippen LogP) is 7.73. The Morgan fingerprint density at radius 2 is 1.16 bits per heavy atom. The van der Waals surface area contributed by atoms with Gasteiger partial charge in [0.1, 0.15) is 0 Å². The first-order valence-electron chi connectivity index (χ1n) is 9.68. The Balaban J connectivity index is 2.11. The first kappa shape index (κ1) is 18.2. The molecule has 3 rings (SSSR count). The Kier molecular flexibility index (Phi) is 4.38. The molecule has 2 aliphatic rings. The molecule has 0 aliphatic heterocycles. The van der Waals surface area contributed by atoms with E-state index in [0.29, 0.717) is 22.7 Å². The van der Waals surface area contributed by atoms with Crippen LogP contribution in [-0.4, -0.2) is 0 Å². The van der Waals surface area contributed by atoms with E-state index < -0.39 is 0 Å². The summed E-state index contributed by atoms with van der Waals surface area (Å²) >= 11 is 0. The molecule has 0 heteroatoms. The van der Waals surface area contributed by atoms with E-state index in [4.69, 9.17) is 0 Å². The van der Waals surface area contributed by atoms with Gasteiger partial charge in [0, 0.05) is 11.8 Å². The van der Waals surface area contributed by atoms with Crippen molar-refractivity contribution in [2.24, 2.45) is 10.8 Å². The summed E-state index contributed by atoms with van der Waals surface area (Å²) in [6.45, 7) is 22.3. The van der Waals surface area contributed by atoms with Crippen molar-refractivity contribution in [1.29, 1.82) is 0 Å². The van der Waals surface area contributed by atoms with Crippen LogP contribution in [0, 0.1) is 10.8 Å². The fraction of sp³-hybridized carbons (Fsp3) is 0.520. The molecule has 0 spiro atoms. The molecule has 2 bridgehead atoms. The van der Waals surface area contributed by atoms with E-state index in [9.17, 15) is 0 Å². The van der Waals surface area contributed by atoms with E-state index in [2.05, 4.69) is 66.8 Å². The zero-order valence-corrected chi connectivity index (χ0v) is 17.0. The molecule has 0 amide bonds. The molecule has 0 saturated heterocycles. The third-order valence-corrected chi connectivity index (χ3v) is 5.65. The van der Waals surface area contributed by atoms with Crippen LogP contribution in [0.4, 0.5) is 0 Å². The van der Waals surface area contributed by atoms with Crippen LogP contribution < -0.4 is 0 Å². The quantitative estimate of drug-likeness (QED) is 0.494. The van der Waals surface area contributed by atoms with Crippen molar-refractivity contribution >= 4 is 12.2 Å². The maximum absolute atomic E-state index is 4.01. The lowest BCUT2D eigenvalue weighted by atomic mass is 9.74. The normalized spacial score (nSPS) is 22.3. The smallest absolute Gasteiger partial charge is 0.00633 e. The van der Waals surface area contributed by atoms with Crippen molar-refractivity contribution in [2.75, 3.05) is 0 Å². The number of benzene rings is 1. The number of allylic oxidation sites excluding steroid dienone is 2. The van der Waals surface area contributed by atoms with Crippen LogP contribution in [0.15, 0.2) is 36.4 Å². The Labute approximate surface area is 154 Å². The van der Waals surface area contributed by atoms with Gasteiger partial charge in [-0.05, 0) is 52.3 Å². The molecule has 0 aromatic heterocycles. The van der Waals surface area contributed by atoms with Crippen LogP contribution in [0.3, 0.4) is 0 Å². The van der Waals surface area contributed by atoms with Crippen molar-refractivity contribution in [3.8, 4) is 0 Å². The molecule has 0 nitrogen and oxygen atoms in total. The van der Waals surface area contributed by atoms with Crippen LogP contribution >= 0.6 is 0 Å². The molecule has 0 heterocycles. The monoisotopic (exact) mass is 334 g/mol. The Morgan fingerprint density at radius 3 is 1.44 bits per heavy atom. The molecule has 1 aromatic carbocycles. The number of rotatable bonds is 4. The highest BCUT2D eigenvalue weighted by molar-refractivity contribution is 5.69. The highest BCUT2D eigenvalue weighted by atomic mass is 14.5. The first-order chi connectivity index (χ1) is 11.5. The van der Waals surface area contributed by atoms with Gasteiger partial charge < -0.3 is 0 Å². The zero-order chi connectivity index (χ0) is 18.6. The van der Waals surface area contributed by atoms with Crippen molar-refractivity contribution in [2.45, 2.75) is 72.6 Å². The largest absolute Gasteiger partial charge is 0.0984 e. The van der Waals surface area contributed by atoms with Crippen molar-refractivity contribution in [3.05, 3.63) is 58.7 Å². The summed E-state index contributed by atoms with van der Waals surface area (Å²) in [4.78, 5) is 0. The fourth-order valence-corrected chi connectivity index (χ4v) is 4.84. The minimum absolute atomic E-state index is 0.339. The Hall–Kier alpha value is -1.56. The van der Waals surface area contributed by atoms with Gasteiger partial charge >= 0.3 is 0 Å². The van der Waals surface area contributed by atoms with Gasteiger partial charge in [0.25, 0.3) is 0 Å². The van der Waals surface area contributed by atoms with E-state index in [1.54, 1.807) is 22.3 Å². The third-order valence-electron chi connectivity index (χ3n) is 5.65. The number of hydrogen-bond acceptors (Lipinski definition) is 0. The summed E-state index contributed by atoms with van der Waals surface area (Å²) < 4.78 is 0. The van der Waals surface area contributed by atoms with Gasteiger partial charge in [-0.2, -0.15) is 0 Å². The van der Waals surface area contributed by atoms with Gasteiger partial charge in [-0.1, -0.05) is 90.1 Å². The second-order valence-electron chi connectivity index (χ2n) is 10.4. The van der Waals surface area contributed by atoms with E-state index in [0.717, 1.165) is 0 Å². The van der Waals surface area contributed by atoms with E-state index in [1.165, 1.54) is 30.4 Å². The lowest BCUT2D eigenvalue weighted by Gasteiger charge is -2.31. The molecule has 0 radical (unpaired) electrons. The van der Waals surface area contributed by atoms with E-state index in [1.807, 2.05) is 12.2 Å². The molecule has 1 aromatic rings. The van der Waals surface area contributed by atoms with Gasteiger partial charge in [-0.25, -0.2) is 0 Å². The van der Waals surface area contributed by atoms with Crippen LogP contribution in [0.5, 0.6) is 0 Å². The van der Waals surface area contributed by atoms with E-state index in [-0.39, 0.29) is 0 Å². The summed E-state index contributed by atoms with van der Waals surface area (Å²) in [7, 11) is 0. The summed E-state index contributed by atoms with van der Waals surface area (Å²) in [6, 6.07) is 4.78. The number of hydrogen-bond donors (Lipinski definition) is 0. The molecule has 0 N–H and O–H groups in total. The van der Waals surface area contributed by atoms with Crippen molar-refractivity contribution in [1.82, 2.24) is 0 Å². The Morgan fingerprint density at radius 1 is 0.800 bits per heavy atom. The van der Waals surface area contributed by atoms with Crippen molar-refractivity contribution < 1.29 is 0 Å². The van der Waals surface area contributed by atoms with Crippen LogP contribution in [-0.2, 0) is 0 Å². The first-order valence-corrected chi connectivity index (χ1v) is 9.68. The highest BCUT2D eigenvalue weighted by Crippen LogP contribution is 2.60. The summed E-state index contributed by atoms with van der Waals surface area (Å²) in [5.74, 6) is 1.24. The zero-order valence-electron chi connectivity index (χ0n) is 17.0. The summed E-state index contributed by atoms with van der Waals surface area (Å²) in [6.07, 6.45) is 7.67. The maximum atomic E-state index is 4.01. The number of fused-ring (bicyclic) bond motifs is 5. The van der Waals surface area contributed by atoms with Gasteiger partial charge in [0.05, 0.1) is 0 Å². The second-order valence-corrected chi connectivity index (χ2v) is 10.4. The minimum atomic E-state index is 0.339. The van der Waals surface area contributed by atoms with E-state index >= 15 is 0 Å². The molecule has 2 aliphatic carbocycles. The van der Waals surface area contributed by atoms with Gasteiger partial charge in [0.15, 0.2) is 0 Å². The second kappa shape index (κ2) is 6.01. The highest BCUT2D eigenvalue weighted by Gasteiger charge is 2.44. The van der Waals surface area contributed by atoms with Gasteiger partial charge in [-0.3, -0.25) is 0 Å². The molecule has 25 heavy (non-hydrogen) atoms. The molecule has 0 saturated carbocycles. The predicted molar refractivity (Wildman–Crippen MR) is 112 cm³/mol. The maximum Gasteiger partial charge on any atom is 0.00633 e. The molecule has 2 atom stereocenters. The molecular formula is C25H34. The van der Waals surface area contributed by atoms with Crippen LogP contribution in [0.1, 0.15) is 94.9 Å². The topological polar surface area (TPSA) is 0 Å². The third kappa shape index (κ3) is 3.41. The minimum Gasteiger partial charge on any atom is -0.0984 e. The molecule has 2 unspecified atom stereocenters. The lowest BCUT2D eigenvalue weighted by Crippen LogP contribution is -2.16. The SMILES string of the molecule is C=Cc1cc2c(cc1C=C)C1CC2C(CC(C)(C)C)=C1CC(C)(C)C. The Bertz CT molecular complexity index is 680. The molecular weight excluding hydrogens is 300 g/mol. The van der Waals surface area contributed by atoms with Crippen LogP contribution in [0.2, 0.25) is 0 Å². The van der Waals surface area contributed by atoms with Gasteiger partial charge in [-0.15, -0.1) is 0 Å². The standard InChI is InChI=1S/C25H34/c1-9-16-11-18-19(12-17(16)10-2)21-13-20(18)22(14-24(3,4)5)23(21)15-25(6,7)8/h9-12,20-21H,1-2,13-15H2,3-8H3. The van der Waals surface area contributed by atoms with Gasteiger partial charge in [0.2, 0.25) is 0 Å².